The second-order valence-corrected chi connectivity index (χ2v) is 10.2. The highest BCUT2D eigenvalue weighted by atomic mass is 32.1. The summed E-state index contributed by atoms with van der Waals surface area (Å²) in [6.45, 7) is 3.82. The maximum atomic E-state index is 12.9. The highest BCUT2D eigenvalue weighted by Gasteiger charge is 2.31. The van der Waals surface area contributed by atoms with Gasteiger partial charge in [0, 0.05) is 43.4 Å². The van der Waals surface area contributed by atoms with Crippen molar-refractivity contribution in [2.75, 3.05) is 31.5 Å². The summed E-state index contributed by atoms with van der Waals surface area (Å²) in [5.74, 6) is 1.21. The van der Waals surface area contributed by atoms with Gasteiger partial charge in [0.1, 0.15) is 0 Å². The molecule has 1 saturated heterocycles. The molecule has 1 saturated carbocycles. The number of aromatic nitrogens is 1. The van der Waals surface area contributed by atoms with Crippen LogP contribution in [0.15, 0.2) is 30.3 Å². The minimum absolute atomic E-state index is 0.105. The molecule has 1 aromatic carbocycles. The van der Waals surface area contributed by atoms with Gasteiger partial charge in [0.05, 0.1) is 12.2 Å². The lowest BCUT2D eigenvalue weighted by Gasteiger charge is -2.34. The number of hydrogen-bond donors (Lipinski definition) is 1. The number of benzene rings is 1. The van der Waals surface area contributed by atoms with Crippen LogP contribution in [0.1, 0.15) is 41.8 Å². The fourth-order valence-corrected chi connectivity index (χ4v) is 5.67. The highest BCUT2D eigenvalue weighted by molar-refractivity contribution is 7.15. The Labute approximate surface area is 187 Å². The van der Waals surface area contributed by atoms with Crippen molar-refractivity contribution in [1.82, 2.24) is 14.8 Å². The van der Waals surface area contributed by atoms with Gasteiger partial charge in [0.2, 0.25) is 11.8 Å². The third kappa shape index (κ3) is 5.15. The molecule has 164 valence electrons. The van der Waals surface area contributed by atoms with E-state index < -0.39 is 0 Å². The molecule has 5 rings (SSSR count). The zero-order valence-corrected chi connectivity index (χ0v) is 18.7. The molecule has 6 nitrogen and oxygen atoms in total. The van der Waals surface area contributed by atoms with Crippen LogP contribution in [0.2, 0.25) is 0 Å². The van der Waals surface area contributed by atoms with E-state index in [1.165, 1.54) is 10.4 Å². The Morgan fingerprint density at radius 2 is 1.84 bits per heavy atom. The van der Waals surface area contributed by atoms with Crippen molar-refractivity contribution in [2.45, 2.75) is 45.1 Å². The average molecular weight is 439 g/mol. The quantitative estimate of drug-likeness (QED) is 0.751. The van der Waals surface area contributed by atoms with E-state index in [1.54, 1.807) is 11.3 Å². The number of nitrogens with zero attached hydrogens (tertiary/aromatic N) is 3. The molecule has 1 aromatic heterocycles. The van der Waals surface area contributed by atoms with Crippen LogP contribution in [0.3, 0.4) is 0 Å². The zero-order chi connectivity index (χ0) is 21.2. The monoisotopic (exact) mass is 438 g/mol. The topological polar surface area (TPSA) is 65.5 Å². The minimum Gasteiger partial charge on any atom is -0.342 e. The number of amides is 2. The highest BCUT2D eigenvalue weighted by Crippen LogP contribution is 2.33. The molecule has 3 heterocycles. The molecule has 3 aliphatic rings. The number of hydrogen-bond acceptors (Lipinski definition) is 5. The summed E-state index contributed by atoms with van der Waals surface area (Å²) in [5.41, 5.74) is 2.48. The Kier molecular flexibility index (Phi) is 6.05. The Bertz CT molecular complexity index is 932. The van der Waals surface area contributed by atoms with Crippen LogP contribution in [0.4, 0.5) is 5.13 Å². The summed E-state index contributed by atoms with van der Waals surface area (Å²) in [6, 6.07) is 10.7. The molecular formula is C24H30N4O2S. The first-order chi connectivity index (χ1) is 15.1. The number of nitrogens with one attached hydrogen (secondary N) is 1. The van der Waals surface area contributed by atoms with Gasteiger partial charge in [-0.15, -0.1) is 11.3 Å². The summed E-state index contributed by atoms with van der Waals surface area (Å²) >= 11 is 1.57. The van der Waals surface area contributed by atoms with Crippen molar-refractivity contribution in [3.05, 3.63) is 46.5 Å². The Balaban J connectivity index is 1.09. The molecule has 7 heteroatoms. The van der Waals surface area contributed by atoms with Crippen LogP contribution in [0.25, 0.3) is 0 Å². The van der Waals surface area contributed by atoms with Crippen molar-refractivity contribution in [3.63, 3.8) is 0 Å². The van der Waals surface area contributed by atoms with Crippen molar-refractivity contribution < 1.29 is 9.59 Å². The molecule has 0 unspecified atom stereocenters. The zero-order valence-electron chi connectivity index (χ0n) is 17.9. The van der Waals surface area contributed by atoms with E-state index in [4.69, 9.17) is 0 Å². The Morgan fingerprint density at radius 3 is 2.58 bits per heavy atom. The summed E-state index contributed by atoms with van der Waals surface area (Å²) < 4.78 is 0. The molecule has 2 fully saturated rings. The van der Waals surface area contributed by atoms with Crippen LogP contribution in [-0.2, 0) is 29.0 Å². The molecule has 1 aliphatic carbocycles. The standard InChI is InChI=1S/C24H30N4O2S/c29-22(28-12-8-18(9-13-28)14-17-4-2-1-3-5-17)16-27-11-10-20-21(15-27)31-24(25-20)26-23(30)19-6-7-19/h1-5,18-19H,6-16H2,(H,25,26,30). The van der Waals surface area contributed by atoms with Crippen LogP contribution in [0, 0.1) is 11.8 Å². The number of rotatable bonds is 6. The van der Waals surface area contributed by atoms with Crippen LogP contribution >= 0.6 is 11.3 Å². The summed E-state index contributed by atoms with van der Waals surface area (Å²) in [6.07, 6.45) is 6.13. The number of carbonyl (C=O) groups is 2. The number of fused-ring (bicyclic) bond motifs is 1. The van der Waals surface area contributed by atoms with Gasteiger partial charge in [0.25, 0.3) is 0 Å². The third-order valence-corrected chi connectivity index (χ3v) is 7.68. The predicted octanol–water partition coefficient (Wildman–Crippen LogP) is 3.33. The number of anilines is 1. The maximum absolute atomic E-state index is 12.9. The maximum Gasteiger partial charge on any atom is 0.236 e. The Hall–Kier alpha value is -2.25. The second kappa shape index (κ2) is 9.09. The van der Waals surface area contributed by atoms with Crippen LogP contribution in [0.5, 0.6) is 0 Å². The lowest BCUT2D eigenvalue weighted by atomic mass is 9.90. The first-order valence-electron chi connectivity index (χ1n) is 11.5. The summed E-state index contributed by atoms with van der Waals surface area (Å²) in [4.78, 5) is 35.0. The summed E-state index contributed by atoms with van der Waals surface area (Å²) in [7, 11) is 0. The van der Waals surface area contributed by atoms with Crippen molar-refractivity contribution >= 4 is 28.3 Å². The van der Waals surface area contributed by atoms with E-state index in [0.29, 0.717) is 12.5 Å². The van der Waals surface area contributed by atoms with Gasteiger partial charge < -0.3 is 10.2 Å². The van der Waals surface area contributed by atoms with Crippen LogP contribution in [-0.4, -0.2) is 52.8 Å². The van der Waals surface area contributed by atoms with Gasteiger partial charge in [0.15, 0.2) is 5.13 Å². The normalized spacial score (nSPS) is 19.8. The molecule has 0 atom stereocenters. The fourth-order valence-electron chi connectivity index (χ4n) is 4.61. The van der Waals surface area contributed by atoms with Gasteiger partial charge in [-0.25, -0.2) is 4.98 Å². The van der Waals surface area contributed by atoms with E-state index in [9.17, 15) is 9.59 Å². The Morgan fingerprint density at radius 1 is 1.06 bits per heavy atom. The average Bonchev–Trinajstić information content (AvgIpc) is 3.56. The molecule has 31 heavy (non-hydrogen) atoms. The van der Waals surface area contributed by atoms with Gasteiger partial charge in [-0.2, -0.15) is 0 Å². The van der Waals surface area contributed by atoms with Crippen molar-refractivity contribution in [3.8, 4) is 0 Å². The molecule has 0 radical (unpaired) electrons. The molecule has 0 bridgehead atoms. The smallest absolute Gasteiger partial charge is 0.236 e. The van der Waals surface area contributed by atoms with Crippen molar-refractivity contribution in [1.29, 1.82) is 0 Å². The van der Waals surface area contributed by atoms with Gasteiger partial charge >= 0.3 is 0 Å². The van der Waals surface area contributed by atoms with E-state index >= 15 is 0 Å². The molecule has 2 amide bonds. The summed E-state index contributed by atoms with van der Waals surface area (Å²) in [5, 5.41) is 3.68. The number of likely N-dealkylation sites (tertiary alicyclic amines) is 1. The first kappa shape index (κ1) is 20.6. The molecule has 2 aromatic rings. The lowest BCUT2D eigenvalue weighted by molar-refractivity contribution is -0.134. The van der Waals surface area contributed by atoms with Crippen molar-refractivity contribution in [2.24, 2.45) is 11.8 Å². The SMILES string of the molecule is O=C(Nc1nc2c(s1)CN(CC(=O)N1CCC(Cc3ccccc3)CC1)CC2)C1CC1. The molecule has 1 N–H and O–H groups in total. The van der Waals surface area contributed by atoms with Gasteiger partial charge in [-0.05, 0) is 43.6 Å². The van der Waals surface area contributed by atoms with E-state index in [2.05, 4.69) is 45.5 Å². The molecule has 2 aliphatic heterocycles. The molecule has 0 spiro atoms. The van der Waals surface area contributed by atoms with E-state index in [1.807, 2.05) is 4.90 Å². The van der Waals surface area contributed by atoms with Crippen LogP contribution < -0.4 is 5.32 Å². The van der Waals surface area contributed by atoms with Gasteiger partial charge in [-0.3, -0.25) is 14.5 Å². The lowest BCUT2D eigenvalue weighted by Crippen LogP contribution is -2.45. The number of thiazole rings is 1. The largest absolute Gasteiger partial charge is 0.342 e. The predicted molar refractivity (Wildman–Crippen MR) is 122 cm³/mol. The van der Waals surface area contributed by atoms with E-state index in [-0.39, 0.29) is 17.7 Å². The fraction of sp³-hybridized carbons (Fsp3) is 0.542. The second-order valence-electron chi connectivity index (χ2n) is 9.13. The number of piperidine rings is 1. The first-order valence-corrected chi connectivity index (χ1v) is 12.3. The van der Waals surface area contributed by atoms with Gasteiger partial charge in [-0.1, -0.05) is 30.3 Å². The third-order valence-electron chi connectivity index (χ3n) is 6.68. The molecular weight excluding hydrogens is 408 g/mol. The minimum atomic E-state index is 0.105. The number of carbonyl (C=O) groups excluding carboxylic acids is 2. The van der Waals surface area contributed by atoms with E-state index in [0.717, 1.165) is 75.5 Å².